The molecule has 0 aliphatic heterocycles. The van der Waals surface area contributed by atoms with Crippen LogP contribution in [0.4, 0.5) is 13.2 Å². The predicted octanol–water partition coefficient (Wildman–Crippen LogP) is 4.60. The Morgan fingerprint density at radius 1 is 1.12 bits per heavy atom. The molecule has 0 aromatic heterocycles. The Balaban J connectivity index is 2.55. The molecule has 0 unspecified atom stereocenters. The summed E-state index contributed by atoms with van der Waals surface area (Å²) in [6.45, 7) is 2.09. The Morgan fingerprint density at radius 3 is 2.25 bits per heavy atom. The summed E-state index contributed by atoms with van der Waals surface area (Å²) in [5.74, 6) is 0. The van der Waals surface area contributed by atoms with Crippen LogP contribution in [0.2, 0.25) is 0 Å². The molecule has 0 aliphatic rings. The van der Waals surface area contributed by atoms with Crippen LogP contribution < -0.4 is 0 Å². The van der Waals surface area contributed by atoms with Crippen molar-refractivity contribution < 1.29 is 13.2 Å². The fraction of sp³-hybridized carbons (Fsp3) is 0.385. The Bertz CT molecular complexity index is 333. The van der Waals surface area contributed by atoms with E-state index in [0.29, 0.717) is 0 Å². The van der Waals surface area contributed by atoms with Crippen LogP contribution in [0.15, 0.2) is 30.3 Å². The third-order valence-electron chi connectivity index (χ3n) is 2.18. The number of benzene rings is 1. The Kier molecular flexibility index (Phi) is 4.59. The van der Waals surface area contributed by atoms with Crippen molar-refractivity contribution >= 4 is 6.08 Å². The zero-order chi connectivity index (χ0) is 12.0. The molecule has 0 saturated carbocycles. The van der Waals surface area contributed by atoms with Crippen LogP contribution in [-0.2, 0) is 6.42 Å². The first kappa shape index (κ1) is 12.8. The quantitative estimate of drug-likeness (QED) is 0.706. The van der Waals surface area contributed by atoms with Gasteiger partial charge in [0.05, 0.1) is 6.42 Å². The maximum absolute atomic E-state index is 11.9. The van der Waals surface area contributed by atoms with E-state index in [-0.39, 0.29) is 0 Å². The fourth-order valence-corrected chi connectivity index (χ4v) is 1.41. The molecular formula is C13H15F3. The van der Waals surface area contributed by atoms with Crippen molar-refractivity contribution in [3.05, 3.63) is 41.5 Å². The molecule has 0 heterocycles. The van der Waals surface area contributed by atoms with Crippen molar-refractivity contribution in [1.29, 1.82) is 0 Å². The van der Waals surface area contributed by atoms with Crippen LogP contribution in [0.1, 0.15) is 30.9 Å². The molecule has 0 saturated heterocycles. The molecule has 0 spiro atoms. The summed E-state index contributed by atoms with van der Waals surface area (Å²) in [7, 11) is 0. The van der Waals surface area contributed by atoms with Gasteiger partial charge in [0.15, 0.2) is 0 Å². The lowest BCUT2D eigenvalue weighted by atomic mass is 10.1. The van der Waals surface area contributed by atoms with Crippen molar-refractivity contribution in [2.75, 3.05) is 0 Å². The highest BCUT2D eigenvalue weighted by Crippen LogP contribution is 2.20. The van der Waals surface area contributed by atoms with Gasteiger partial charge in [-0.25, -0.2) is 0 Å². The predicted molar refractivity (Wildman–Crippen MR) is 60.1 cm³/mol. The first-order chi connectivity index (χ1) is 7.51. The summed E-state index contributed by atoms with van der Waals surface area (Å²) >= 11 is 0. The summed E-state index contributed by atoms with van der Waals surface area (Å²) in [5, 5.41) is 0. The molecule has 88 valence electrons. The van der Waals surface area contributed by atoms with Gasteiger partial charge < -0.3 is 0 Å². The SMILES string of the molecule is CCCc1ccc(C=CCC(F)(F)F)cc1. The summed E-state index contributed by atoms with van der Waals surface area (Å²) in [4.78, 5) is 0. The smallest absolute Gasteiger partial charge is 0.171 e. The van der Waals surface area contributed by atoms with Gasteiger partial charge in [-0.1, -0.05) is 49.8 Å². The first-order valence-corrected chi connectivity index (χ1v) is 5.33. The van der Waals surface area contributed by atoms with Gasteiger partial charge in [-0.2, -0.15) is 13.2 Å². The summed E-state index contributed by atoms with van der Waals surface area (Å²) < 4.78 is 35.6. The van der Waals surface area contributed by atoms with Crippen molar-refractivity contribution in [2.24, 2.45) is 0 Å². The lowest BCUT2D eigenvalue weighted by molar-refractivity contribution is -0.124. The summed E-state index contributed by atoms with van der Waals surface area (Å²) in [5.41, 5.74) is 2.03. The maximum Gasteiger partial charge on any atom is 0.392 e. The molecule has 0 N–H and O–H groups in total. The van der Waals surface area contributed by atoms with Crippen molar-refractivity contribution in [2.45, 2.75) is 32.4 Å². The van der Waals surface area contributed by atoms with Gasteiger partial charge in [0.1, 0.15) is 0 Å². The Morgan fingerprint density at radius 2 is 1.75 bits per heavy atom. The maximum atomic E-state index is 11.9. The van der Waals surface area contributed by atoms with Crippen LogP contribution in [0.5, 0.6) is 0 Å². The normalized spacial score (nSPS) is 12.2. The van der Waals surface area contributed by atoms with Gasteiger partial charge in [-0.05, 0) is 17.5 Å². The molecule has 3 heteroatoms. The Hall–Kier alpha value is -1.25. The van der Waals surface area contributed by atoms with E-state index in [1.165, 1.54) is 11.6 Å². The second kappa shape index (κ2) is 5.73. The van der Waals surface area contributed by atoms with E-state index < -0.39 is 12.6 Å². The summed E-state index contributed by atoms with van der Waals surface area (Å²) in [6, 6.07) is 7.60. The largest absolute Gasteiger partial charge is 0.392 e. The number of alkyl halides is 3. The van der Waals surface area contributed by atoms with Crippen LogP contribution in [0, 0.1) is 0 Å². The second-order valence-corrected chi connectivity index (χ2v) is 3.71. The van der Waals surface area contributed by atoms with E-state index in [2.05, 4.69) is 6.92 Å². The number of halogens is 3. The van der Waals surface area contributed by atoms with E-state index in [0.717, 1.165) is 24.5 Å². The van der Waals surface area contributed by atoms with Crippen molar-refractivity contribution in [3.8, 4) is 0 Å². The molecule has 0 bridgehead atoms. The minimum atomic E-state index is -4.11. The molecule has 16 heavy (non-hydrogen) atoms. The van der Waals surface area contributed by atoms with E-state index in [9.17, 15) is 13.2 Å². The minimum Gasteiger partial charge on any atom is -0.171 e. The van der Waals surface area contributed by atoms with Crippen LogP contribution in [0.3, 0.4) is 0 Å². The lowest BCUT2D eigenvalue weighted by Crippen LogP contribution is -2.03. The number of hydrogen-bond acceptors (Lipinski definition) is 0. The van der Waals surface area contributed by atoms with Gasteiger partial charge in [0.2, 0.25) is 0 Å². The molecule has 0 atom stereocenters. The molecule has 0 fully saturated rings. The topological polar surface area (TPSA) is 0 Å². The van der Waals surface area contributed by atoms with Crippen LogP contribution in [-0.4, -0.2) is 6.18 Å². The third-order valence-corrected chi connectivity index (χ3v) is 2.18. The Labute approximate surface area is 93.8 Å². The molecule has 0 amide bonds. The monoisotopic (exact) mass is 228 g/mol. The van der Waals surface area contributed by atoms with Crippen molar-refractivity contribution in [3.63, 3.8) is 0 Å². The average molecular weight is 228 g/mol. The third kappa shape index (κ3) is 5.01. The highest BCUT2D eigenvalue weighted by molar-refractivity contribution is 5.49. The second-order valence-electron chi connectivity index (χ2n) is 3.71. The van der Waals surface area contributed by atoms with Gasteiger partial charge in [0, 0.05) is 0 Å². The van der Waals surface area contributed by atoms with E-state index in [1.807, 2.05) is 24.3 Å². The van der Waals surface area contributed by atoms with Gasteiger partial charge in [-0.15, -0.1) is 0 Å². The molecule has 1 aromatic rings. The van der Waals surface area contributed by atoms with E-state index >= 15 is 0 Å². The number of aryl methyl sites for hydroxylation is 1. The molecule has 0 nitrogen and oxygen atoms in total. The standard InChI is InChI=1S/C13H15F3/c1-2-4-11-6-8-12(9-7-11)5-3-10-13(14,15)16/h3,5-9H,2,4,10H2,1H3. The van der Waals surface area contributed by atoms with Gasteiger partial charge in [0.25, 0.3) is 0 Å². The number of hydrogen-bond donors (Lipinski definition) is 0. The van der Waals surface area contributed by atoms with Gasteiger partial charge >= 0.3 is 6.18 Å². The minimum absolute atomic E-state index is 0.809. The summed E-state index contributed by atoms with van der Waals surface area (Å²) in [6.07, 6.45) is -0.254. The zero-order valence-electron chi connectivity index (χ0n) is 9.22. The first-order valence-electron chi connectivity index (χ1n) is 5.33. The number of rotatable bonds is 4. The van der Waals surface area contributed by atoms with E-state index in [1.54, 1.807) is 0 Å². The molecule has 1 aromatic carbocycles. The fourth-order valence-electron chi connectivity index (χ4n) is 1.41. The molecular weight excluding hydrogens is 213 g/mol. The van der Waals surface area contributed by atoms with Crippen molar-refractivity contribution in [1.82, 2.24) is 0 Å². The molecule has 0 aliphatic carbocycles. The van der Waals surface area contributed by atoms with Crippen LogP contribution >= 0.6 is 0 Å². The lowest BCUT2D eigenvalue weighted by Gasteiger charge is -2.01. The van der Waals surface area contributed by atoms with E-state index in [4.69, 9.17) is 0 Å². The van der Waals surface area contributed by atoms with Gasteiger partial charge in [-0.3, -0.25) is 0 Å². The zero-order valence-corrected chi connectivity index (χ0v) is 9.22. The highest BCUT2D eigenvalue weighted by Gasteiger charge is 2.24. The highest BCUT2D eigenvalue weighted by atomic mass is 19.4. The average Bonchev–Trinajstić information content (AvgIpc) is 2.19. The molecule has 1 rings (SSSR count). The van der Waals surface area contributed by atoms with Crippen LogP contribution in [0.25, 0.3) is 6.08 Å². The number of allylic oxidation sites excluding steroid dienone is 1. The molecule has 0 radical (unpaired) electrons.